The molecule has 2 N–H and O–H groups in total. The van der Waals surface area contributed by atoms with Gasteiger partial charge in [0.05, 0.1) is 13.1 Å². The maximum atomic E-state index is 12.2. The molecule has 2 amide bonds. The summed E-state index contributed by atoms with van der Waals surface area (Å²) in [6.45, 7) is 1.38. The van der Waals surface area contributed by atoms with E-state index in [0.29, 0.717) is 13.1 Å². The van der Waals surface area contributed by atoms with Gasteiger partial charge in [0.15, 0.2) is 0 Å². The lowest BCUT2D eigenvalue weighted by atomic mass is 9.98. The molecule has 2 aliphatic heterocycles. The van der Waals surface area contributed by atoms with E-state index in [1.807, 2.05) is 29.2 Å². The standard InChI is InChI=1S/C14H17N3O3/c15-11-7-10-3-1-2-4-12(10)16(8-11)9-13(18)17-5-6-20-14(17)19/h1-4,11H,5-9,15H2. The number of imide groups is 1. The van der Waals surface area contributed by atoms with Crippen molar-refractivity contribution in [2.24, 2.45) is 5.73 Å². The van der Waals surface area contributed by atoms with Gasteiger partial charge in [-0.3, -0.25) is 4.79 Å². The molecule has 0 spiro atoms. The third kappa shape index (κ3) is 2.34. The van der Waals surface area contributed by atoms with Gasteiger partial charge in [-0.2, -0.15) is 0 Å². The van der Waals surface area contributed by atoms with Crippen molar-refractivity contribution in [3.8, 4) is 0 Å². The highest BCUT2D eigenvalue weighted by molar-refractivity contribution is 5.95. The van der Waals surface area contributed by atoms with Crippen LogP contribution in [0.2, 0.25) is 0 Å². The molecule has 2 aliphatic rings. The number of hydrogen-bond acceptors (Lipinski definition) is 5. The number of cyclic esters (lactones) is 1. The van der Waals surface area contributed by atoms with Crippen LogP contribution in [0.25, 0.3) is 0 Å². The van der Waals surface area contributed by atoms with E-state index >= 15 is 0 Å². The second-order valence-electron chi connectivity index (χ2n) is 5.13. The topological polar surface area (TPSA) is 75.9 Å². The minimum atomic E-state index is -0.551. The Labute approximate surface area is 117 Å². The lowest BCUT2D eigenvalue weighted by molar-refractivity contribution is -0.126. The van der Waals surface area contributed by atoms with Gasteiger partial charge >= 0.3 is 6.09 Å². The minimum Gasteiger partial charge on any atom is -0.447 e. The summed E-state index contributed by atoms with van der Waals surface area (Å²) in [5.41, 5.74) is 8.20. The predicted octanol–water partition coefficient (Wildman–Crippen LogP) is 0.355. The first-order chi connectivity index (χ1) is 9.65. The molecule has 0 aromatic heterocycles. The molecule has 0 bridgehead atoms. The van der Waals surface area contributed by atoms with Gasteiger partial charge in [-0.15, -0.1) is 0 Å². The van der Waals surface area contributed by atoms with Gasteiger partial charge in [-0.05, 0) is 18.1 Å². The molecule has 0 aliphatic carbocycles. The van der Waals surface area contributed by atoms with Crippen LogP contribution in [0.5, 0.6) is 0 Å². The number of carbonyl (C=O) groups is 2. The average Bonchev–Trinajstić information content (AvgIpc) is 2.85. The van der Waals surface area contributed by atoms with Crippen LogP contribution >= 0.6 is 0 Å². The fourth-order valence-corrected chi connectivity index (χ4v) is 2.74. The van der Waals surface area contributed by atoms with Crippen LogP contribution in [0.15, 0.2) is 24.3 Å². The van der Waals surface area contributed by atoms with E-state index in [1.165, 1.54) is 0 Å². The van der Waals surface area contributed by atoms with Crippen LogP contribution in [0.3, 0.4) is 0 Å². The summed E-state index contributed by atoms with van der Waals surface area (Å²) in [5, 5.41) is 0. The Hall–Kier alpha value is -2.08. The molecular formula is C14H17N3O3. The Morgan fingerprint density at radius 1 is 1.40 bits per heavy atom. The van der Waals surface area contributed by atoms with Gasteiger partial charge in [0.1, 0.15) is 6.61 Å². The second-order valence-corrected chi connectivity index (χ2v) is 5.13. The Morgan fingerprint density at radius 3 is 2.95 bits per heavy atom. The lowest BCUT2D eigenvalue weighted by Crippen LogP contribution is -2.48. The molecule has 0 radical (unpaired) electrons. The van der Waals surface area contributed by atoms with E-state index in [9.17, 15) is 9.59 Å². The zero-order valence-corrected chi connectivity index (χ0v) is 11.1. The van der Waals surface area contributed by atoms with Crippen molar-refractivity contribution in [1.29, 1.82) is 0 Å². The number of anilines is 1. The maximum Gasteiger partial charge on any atom is 0.416 e. The Balaban J connectivity index is 1.77. The molecule has 1 unspecified atom stereocenters. The molecule has 0 saturated carbocycles. The van der Waals surface area contributed by atoms with Gasteiger partial charge in [0, 0.05) is 18.3 Å². The molecule has 6 nitrogen and oxygen atoms in total. The number of nitrogens with two attached hydrogens (primary N) is 1. The number of nitrogens with zero attached hydrogens (tertiary/aromatic N) is 2. The summed E-state index contributed by atoms with van der Waals surface area (Å²) in [5.74, 6) is -0.239. The summed E-state index contributed by atoms with van der Waals surface area (Å²) >= 11 is 0. The fraction of sp³-hybridized carbons (Fsp3) is 0.429. The zero-order valence-electron chi connectivity index (χ0n) is 11.1. The van der Waals surface area contributed by atoms with E-state index in [2.05, 4.69) is 0 Å². The van der Waals surface area contributed by atoms with E-state index in [0.717, 1.165) is 22.6 Å². The van der Waals surface area contributed by atoms with E-state index in [-0.39, 0.29) is 25.1 Å². The number of ether oxygens (including phenoxy) is 1. The molecule has 1 aromatic rings. The van der Waals surface area contributed by atoms with Crippen molar-refractivity contribution < 1.29 is 14.3 Å². The number of para-hydroxylation sites is 1. The van der Waals surface area contributed by atoms with Crippen LogP contribution in [0.4, 0.5) is 10.5 Å². The first kappa shape index (κ1) is 12.9. The monoisotopic (exact) mass is 275 g/mol. The normalized spacial score (nSPS) is 21.6. The van der Waals surface area contributed by atoms with Gasteiger partial charge < -0.3 is 15.4 Å². The molecule has 1 saturated heterocycles. The fourth-order valence-electron chi connectivity index (χ4n) is 2.74. The summed E-state index contributed by atoms with van der Waals surface area (Å²) in [6.07, 6.45) is 0.261. The minimum absolute atomic E-state index is 0.00299. The smallest absolute Gasteiger partial charge is 0.416 e. The number of amides is 2. The highest BCUT2D eigenvalue weighted by atomic mass is 16.6. The van der Waals surface area contributed by atoms with E-state index in [4.69, 9.17) is 10.5 Å². The third-order valence-electron chi connectivity index (χ3n) is 3.66. The maximum absolute atomic E-state index is 12.2. The first-order valence-electron chi connectivity index (χ1n) is 6.70. The predicted molar refractivity (Wildman–Crippen MR) is 73.4 cm³/mol. The number of carbonyl (C=O) groups excluding carboxylic acids is 2. The number of benzene rings is 1. The molecular weight excluding hydrogens is 258 g/mol. The molecule has 1 aromatic carbocycles. The summed E-state index contributed by atoms with van der Waals surface area (Å²) in [4.78, 5) is 26.7. The first-order valence-corrected chi connectivity index (χ1v) is 6.70. The van der Waals surface area contributed by atoms with Gasteiger partial charge in [0.2, 0.25) is 0 Å². The Morgan fingerprint density at radius 2 is 2.20 bits per heavy atom. The lowest BCUT2D eigenvalue weighted by Gasteiger charge is -2.34. The third-order valence-corrected chi connectivity index (χ3v) is 3.66. The van der Waals surface area contributed by atoms with Gasteiger partial charge in [-0.25, -0.2) is 9.69 Å². The highest BCUT2D eigenvalue weighted by Crippen LogP contribution is 2.26. The summed E-state index contributed by atoms with van der Waals surface area (Å²) in [7, 11) is 0. The van der Waals surface area contributed by atoms with Crippen molar-refractivity contribution in [3.63, 3.8) is 0 Å². The van der Waals surface area contributed by atoms with Crippen molar-refractivity contribution in [2.45, 2.75) is 12.5 Å². The number of fused-ring (bicyclic) bond motifs is 1. The quantitative estimate of drug-likeness (QED) is 0.843. The molecule has 3 rings (SSSR count). The van der Waals surface area contributed by atoms with Crippen LogP contribution in [0.1, 0.15) is 5.56 Å². The van der Waals surface area contributed by atoms with Gasteiger partial charge in [-0.1, -0.05) is 18.2 Å². The molecule has 2 heterocycles. The second kappa shape index (κ2) is 5.13. The molecule has 6 heteroatoms. The molecule has 106 valence electrons. The number of hydrogen-bond donors (Lipinski definition) is 1. The molecule has 20 heavy (non-hydrogen) atoms. The van der Waals surface area contributed by atoms with Crippen molar-refractivity contribution in [3.05, 3.63) is 29.8 Å². The zero-order chi connectivity index (χ0) is 14.1. The van der Waals surface area contributed by atoms with E-state index in [1.54, 1.807) is 0 Å². The molecule has 1 fully saturated rings. The van der Waals surface area contributed by atoms with Crippen LogP contribution in [0, 0.1) is 0 Å². The van der Waals surface area contributed by atoms with Crippen LogP contribution < -0.4 is 10.6 Å². The Bertz CT molecular complexity index is 546. The Kier molecular flexibility index (Phi) is 3.31. The SMILES string of the molecule is NC1Cc2ccccc2N(CC(=O)N2CCOC2=O)C1. The number of rotatable bonds is 2. The van der Waals surface area contributed by atoms with Crippen molar-refractivity contribution in [1.82, 2.24) is 4.90 Å². The average molecular weight is 275 g/mol. The summed E-state index contributed by atoms with van der Waals surface area (Å²) in [6, 6.07) is 7.92. The van der Waals surface area contributed by atoms with Gasteiger partial charge in [0.25, 0.3) is 5.91 Å². The van der Waals surface area contributed by atoms with Crippen LogP contribution in [-0.4, -0.2) is 49.2 Å². The van der Waals surface area contributed by atoms with Crippen LogP contribution in [-0.2, 0) is 16.0 Å². The van der Waals surface area contributed by atoms with Crippen molar-refractivity contribution in [2.75, 3.05) is 31.1 Å². The van der Waals surface area contributed by atoms with Crippen molar-refractivity contribution >= 4 is 17.7 Å². The van der Waals surface area contributed by atoms with E-state index < -0.39 is 6.09 Å². The molecule has 1 atom stereocenters. The summed E-state index contributed by atoms with van der Waals surface area (Å²) < 4.78 is 4.79. The highest BCUT2D eigenvalue weighted by Gasteiger charge is 2.31. The largest absolute Gasteiger partial charge is 0.447 e.